The highest BCUT2D eigenvalue weighted by Gasteiger charge is 2.25. The molecule has 1 amide bonds. The van der Waals surface area contributed by atoms with Gasteiger partial charge in [0.2, 0.25) is 0 Å². The molecule has 0 atom stereocenters. The molecule has 0 fully saturated rings. The molecule has 10 nitrogen and oxygen atoms in total. The number of nitrogens with zero attached hydrogens (tertiary/aromatic N) is 3. The average molecular weight is 462 g/mol. The highest BCUT2D eigenvalue weighted by Crippen LogP contribution is 2.27. The minimum absolute atomic E-state index is 0.0327. The van der Waals surface area contributed by atoms with Crippen LogP contribution in [0.3, 0.4) is 0 Å². The fraction of sp³-hybridized carbons (Fsp3) is 0.478. The predicted octanol–water partition coefficient (Wildman–Crippen LogP) is 3.97. The molecule has 0 bridgehead atoms. The molecule has 1 aromatic carbocycles. The molecule has 10 heteroatoms. The van der Waals surface area contributed by atoms with Gasteiger partial charge in [0.15, 0.2) is 0 Å². The van der Waals surface area contributed by atoms with Crippen molar-refractivity contribution < 1.29 is 28.7 Å². The van der Waals surface area contributed by atoms with E-state index in [1.807, 2.05) is 0 Å². The van der Waals surface area contributed by atoms with Gasteiger partial charge in [-0.3, -0.25) is 20.0 Å². The number of hydrogen-bond acceptors (Lipinski definition) is 8. The zero-order chi connectivity index (χ0) is 24.3. The number of benzene rings is 1. The largest absolute Gasteiger partial charge is 0.491 e. The zero-order valence-electron chi connectivity index (χ0n) is 19.5. The summed E-state index contributed by atoms with van der Waals surface area (Å²) in [5, 5.41) is 11.6. The molecule has 1 heterocycles. The van der Waals surface area contributed by atoms with Gasteiger partial charge in [-0.15, -0.1) is 0 Å². The van der Waals surface area contributed by atoms with Gasteiger partial charge in [-0.2, -0.15) is 0 Å². The Balaban J connectivity index is 2.20. The number of aromatic nitrogens is 1. The summed E-state index contributed by atoms with van der Waals surface area (Å²) in [5.41, 5.74) is 0.326. The molecule has 2 rings (SSSR count). The molecule has 0 saturated carbocycles. The first-order chi connectivity index (χ1) is 15.7. The number of ether oxygens (including phenoxy) is 4. The third-order valence-corrected chi connectivity index (χ3v) is 4.31. The second kappa shape index (κ2) is 12.7. The predicted molar refractivity (Wildman–Crippen MR) is 121 cm³/mol. The maximum Gasteiger partial charge on any atom is 0.410 e. The van der Waals surface area contributed by atoms with Gasteiger partial charge in [-0.05, 0) is 50.6 Å². The van der Waals surface area contributed by atoms with E-state index in [9.17, 15) is 14.9 Å². The minimum Gasteiger partial charge on any atom is -0.491 e. The summed E-state index contributed by atoms with van der Waals surface area (Å²) in [6, 6.07) is 8.01. The molecule has 2 aromatic rings. The van der Waals surface area contributed by atoms with E-state index in [0.29, 0.717) is 31.1 Å². The van der Waals surface area contributed by atoms with Crippen molar-refractivity contribution in [2.24, 2.45) is 0 Å². The number of methoxy groups -OCH3 is 1. The first-order valence-electron chi connectivity index (χ1n) is 10.5. The van der Waals surface area contributed by atoms with Crippen LogP contribution in [-0.2, 0) is 27.3 Å². The molecular formula is C23H31N3O7. The Hall–Kier alpha value is -3.24. The Morgan fingerprint density at radius 3 is 2.39 bits per heavy atom. The monoisotopic (exact) mass is 461 g/mol. The van der Waals surface area contributed by atoms with Crippen LogP contribution in [0.4, 0.5) is 10.5 Å². The van der Waals surface area contributed by atoms with E-state index in [0.717, 1.165) is 5.56 Å². The van der Waals surface area contributed by atoms with Crippen LogP contribution >= 0.6 is 0 Å². The summed E-state index contributed by atoms with van der Waals surface area (Å²) in [4.78, 5) is 29.4. The van der Waals surface area contributed by atoms with Gasteiger partial charge in [0.25, 0.3) is 5.69 Å². The van der Waals surface area contributed by atoms with Gasteiger partial charge in [0, 0.05) is 32.1 Å². The Morgan fingerprint density at radius 2 is 1.76 bits per heavy atom. The third kappa shape index (κ3) is 9.42. The number of nitro groups is 1. The second-order valence-corrected chi connectivity index (χ2v) is 8.19. The number of hydrogen-bond donors (Lipinski definition) is 0. The van der Waals surface area contributed by atoms with Crippen LogP contribution in [0.15, 0.2) is 42.7 Å². The normalized spacial score (nSPS) is 11.2. The topological polar surface area (TPSA) is 113 Å². The van der Waals surface area contributed by atoms with Crippen molar-refractivity contribution in [2.45, 2.75) is 39.5 Å². The number of nitro benzene ring substituents is 1. The molecule has 0 spiro atoms. The zero-order valence-corrected chi connectivity index (χ0v) is 19.5. The number of carbonyl (C=O) groups is 1. The first-order valence-corrected chi connectivity index (χ1v) is 10.5. The molecule has 180 valence electrons. The Labute approximate surface area is 193 Å². The van der Waals surface area contributed by atoms with Gasteiger partial charge in [-0.1, -0.05) is 0 Å². The van der Waals surface area contributed by atoms with Gasteiger partial charge in [0.05, 0.1) is 36.9 Å². The second-order valence-electron chi connectivity index (χ2n) is 8.19. The molecule has 0 aliphatic carbocycles. The van der Waals surface area contributed by atoms with E-state index in [2.05, 4.69) is 4.98 Å². The van der Waals surface area contributed by atoms with Crippen LogP contribution < -0.4 is 4.74 Å². The molecule has 1 aromatic heterocycles. The lowest BCUT2D eigenvalue weighted by atomic mass is 10.1. The molecular weight excluding hydrogens is 430 g/mol. The van der Waals surface area contributed by atoms with Crippen LogP contribution in [0.2, 0.25) is 0 Å². The number of pyridine rings is 1. The maximum absolute atomic E-state index is 12.9. The van der Waals surface area contributed by atoms with Gasteiger partial charge >= 0.3 is 6.09 Å². The Kier molecular flexibility index (Phi) is 10.0. The quantitative estimate of drug-likeness (QED) is 0.265. The van der Waals surface area contributed by atoms with Crippen molar-refractivity contribution in [1.82, 2.24) is 9.88 Å². The van der Waals surface area contributed by atoms with E-state index < -0.39 is 16.6 Å². The summed E-state index contributed by atoms with van der Waals surface area (Å²) in [6.07, 6.45) is 2.66. The fourth-order valence-electron chi connectivity index (χ4n) is 2.84. The molecule has 0 N–H and O–H groups in total. The highest BCUT2D eigenvalue weighted by molar-refractivity contribution is 5.68. The van der Waals surface area contributed by atoms with Crippen molar-refractivity contribution >= 4 is 11.8 Å². The van der Waals surface area contributed by atoms with E-state index in [-0.39, 0.29) is 25.4 Å². The molecule has 33 heavy (non-hydrogen) atoms. The van der Waals surface area contributed by atoms with E-state index in [4.69, 9.17) is 18.9 Å². The molecule has 0 aliphatic rings. The summed E-state index contributed by atoms with van der Waals surface area (Å²) in [5.74, 6) is 0.444. The minimum atomic E-state index is -0.715. The average Bonchev–Trinajstić information content (AvgIpc) is 2.75. The smallest absolute Gasteiger partial charge is 0.410 e. The van der Waals surface area contributed by atoms with Crippen LogP contribution in [0, 0.1) is 10.1 Å². The van der Waals surface area contributed by atoms with Gasteiger partial charge in [0.1, 0.15) is 18.0 Å². The first kappa shape index (κ1) is 26.0. The number of carbonyl (C=O) groups excluding carboxylic acids is 1. The van der Waals surface area contributed by atoms with Gasteiger partial charge in [-0.25, -0.2) is 4.79 Å². The van der Waals surface area contributed by atoms with E-state index >= 15 is 0 Å². The molecule has 0 radical (unpaired) electrons. The lowest BCUT2D eigenvalue weighted by Crippen LogP contribution is -2.36. The lowest BCUT2D eigenvalue weighted by Gasteiger charge is -2.27. The highest BCUT2D eigenvalue weighted by atomic mass is 16.6. The fourth-order valence-corrected chi connectivity index (χ4v) is 2.84. The summed E-state index contributed by atoms with van der Waals surface area (Å²) >= 11 is 0. The van der Waals surface area contributed by atoms with E-state index in [1.165, 1.54) is 17.0 Å². The van der Waals surface area contributed by atoms with Crippen molar-refractivity contribution in [1.29, 1.82) is 0 Å². The summed E-state index contributed by atoms with van der Waals surface area (Å²) in [6.45, 7) is 7.02. The maximum atomic E-state index is 12.9. The summed E-state index contributed by atoms with van der Waals surface area (Å²) < 4.78 is 21.5. The van der Waals surface area contributed by atoms with E-state index in [1.54, 1.807) is 58.5 Å². The summed E-state index contributed by atoms with van der Waals surface area (Å²) in [7, 11) is 1.59. The third-order valence-electron chi connectivity index (χ3n) is 4.31. The van der Waals surface area contributed by atoms with Crippen LogP contribution in [-0.4, -0.2) is 60.0 Å². The number of amides is 1. The molecule has 0 unspecified atom stereocenters. The van der Waals surface area contributed by atoms with Gasteiger partial charge < -0.3 is 18.9 Å². The SMILES string of the molecule is COCCOCCOc1ccc([N+](=O)[O-])c(CN(Cc2ccncc2)C(=O)OC(C)(C)C)c1. The van der Waals surface area contributed by atoms with Crippen LogP contribution in [0.1, 0.15) is 31.9 Å². The van der Waals surface area contributed by atoms with Crippen LogP contribution in [0.25, 0.3) is 0 Å². The van der Waals surface area contributed by atoms with Crippen molar-refractivity contribution in [3.63, 3.8) is 0 Å². The lowest BCUT2D eigenvalue weighted by molar-refractivity contribution is -0.385. The Bertz CT molecular complexity index is 901. The Morgan fingerprint density at radius 1 is 1.06 bits per heavy atom. The van der Waals surface area contributed by atoms with Crippen LogP contribution in [0.5, 0.6) is 5.75 Å². The molecule has 0 saturated heterocycles. The standard InChI is InChI=1S/C23H31N3O7/c1-23(2,3)33-22(27)25(16-18-7-9-24-10-8-18)17-19-15-20(5-6-21(19)26(28)29)32-14-13-31-12-11-30-4/h5-10,15H,11-14,16-17H2,1-4H3. The van der Waals surface area contributed by atoms with Crippen molar-refractivity contribution in [2.75, 3.05) is 33.5 Å². The number of rotatable bonds is 12. The van der Waals surface area contributed by atoms with Crippen molar-refractivity contribution in [3.8, 4) is 5.75 Å². The molecule has 0 aliphatic heterocycles. The van der Waals surface area contributed by atoms with Crippen molar-refractivity contribution in [3.05, 3.63) is 64.0 Å².